The number of rotatable bonds is 7. The van der Waals surface area contributed by atoms with E-state index in [0.717, 1.165) is 22.9 Å². The topological polar surface area (TPSA) is 55.4 Å². The van der Waals surface area contributed by atoms with Crippen molar-refractivity contribution < 1.29 is 18.7 Å². The molecule has 0 bridgehead atoms. The Kier molecular flexibility index (Phi) is 7.49. The smallest absolute Gasteiger partial charge is 0.316 e. The molecule has 0 heterocycles. The van der Waals surface area contributed by atoms with Crippen molar-refractivity contribution in [1.82, 2.24) is 0 Å². The van der Waals surface area contributed by atoms with Gasteiger partial charge in [-0.3, -0.25) is 9.59 Å². The number of esters is 1. The van der Waals surface area contributed by atoms with Crippen LogP contribution in [0.2, 0.25) is 5.02 Å². The molecule has 0 fully saturated rings. The van der Waals surface area contributed by atoms with Crippen LogP contribution in [0.25, 0.3) is 0 Å². The van der Waals surface area contributed by atoms with E-state index in [-0.39, 0.29) is 24.1 Å². The van der Waals surface area contributed by atoms with Crippen molar-refractivity contribution in [2.45, 2.75) is 18.4 Å². The zero-order valence-electron chi connectivity index (χ0n) is 16.2. The number of hydrogen-bond donors (Lipinski definition) is 1. The van der Waals surface area contributed by atoms with Gasteiger partial charge in [0, 0.05) is 21.2 Å². The summed E-state index contributed by atoms with van der Waals surface area (Å²) in [5, 5.41) is 3.45. The van der Waals surface area contributed by atoms with Crippen LogP contribution in [-0.4, -0.2) is 17.6 Å². The van der Waals surface area contributed by atoms with Crippen LogP contribution in [0.5, 0.6) is 0 Å². The van der Waals surface area contributed by atoms with Crippen LogP contribution >= 0.6 is 23.4 Å². The van der Waals surface area contributed by atoms with Gasteiger partial charge in [0.2, 0.25) is 0 Å². The number of aryl methyl sites for hydroxylation is 1. The standard InChI is InChI=1S/C23H19ClFNO3S/c1-15-12-18(10-11-19(15)24)26-23(28)17-8-6-16(7-9-17)13-29-22(27)14-30-21-5-3-2-4-20(21)25/h2-12H,13-14H2,1H3,(H,26,28). The molecule has 4 nitrogen and oxygen atoms in total. The zero-order valence-corrected chi connectivity index (χ0v) is 17.7. The van der Waals surface area contributed by atoms with Crippen LogP contribution in [0.1, 0.15) is 21.5 Å². The molecule has 0 aliphatic heterocycles. The molecule has 0 aliphatic carbocycles. The molecular weight excluding hydrogens is 425 g/mol. The summed E-state index contributed by atoms with van der Waals surface area (Å²) < 4.78 is 18.8. The van der Waals surface area contributed by atoms with Crippen LogP contribution in [0, 0.1) is 12.7 Å². The van der Waals surface area contributed by atoms with E-state index in [1.54, 1.807) is 60.7 Å². The van der Waals surface area contributed by atoms with Crippen LogP contribution in [0.15, 0.2) is 71.6 Å². The average Bonchev–Trinajstić information content (AvgIpc) is 2.74. The number of nitrogens with one attached hydrogen (secondary N) is 1. The number of carbonyl (C=O) groups excluding carboxylic acids is 2. The summed E-state index contributed by atoms with van der Waals surface area (Å²) in [6.07, 6.45) is 0. The first kappa shape index (κ1) is 21.9. The Morgan fingerprint density at radius 1 is 1.07 bits per heavy atom. The van der Waals surface area contributed by atoms with Gasteiger partial charge in [0.1, 0.15) is 12.4 Å². The number of halogens is 2. The van der Waals surface area contributed by atoms with Gasteiger partial charge in [-0.05, 0) is 60.5 Å². The Balaban J connectivity index is 1.49. The summed E-state index contributed by atoms with van der Waals surface area (Å²) >= 11 is 7.08. The van der Waals surface area contributed by atoms with Gasteiger partial charge < -0.3 is 10.1 Å². The van der Waals surface area contributed by atoms with Crippen molar-refractivity contribution >= 4 is 40.9 Å². The van der Waals surface area contributed by atoms with Gasteiger partial charge in [-0.2, -0.15) is 0 Å². The van der Waals surface area contributed by atoms with Gasteiger partial charge in [-0.25, -0.2) is 4.39 Å². The second kappa shape index (κ2) is 10.3. The molecule has 0 aliphatic rings. The third-order valence-electron chi connectivity index (χ3n) is 4.21. The average molecular weight is 444 g/mol. The second-order valence-corrected chi connectivity index (χ2v) is 7.92. The lowest BCUT2D eigenvalue weighted by Crippen LogP contribution is -2.12. The molecule has 3 aromatic rings. The number of anilines is 1. The maximum absolute atomic E-state index is 13.6. The quantitative estimate of drug-likeness (QED) is 0.366. The predicted molar refractivity (Wildman–Crippen MR) is 118 cm³/mol. The summed E-state index contributed by atoms with van der Waals surface area (Å²) in [5.74, 6) is -1.04. The number of benzene rings is 3. The van der Waals surface area contributed by atoms with Gasteiger partial charge in [0.25, 0.3) is 5.91 Å². The molecular formula is C23H19ClFNO3S. The zero-order chi connectivity index (χ0) is 21.5. The highest BCUT2D eigenvalue weighted by Crippen LogP contribution is 2.22. The molecule has 3 rings (SSSR count). The minimum absolute atomic E-state index is 0.0158. The van der Waals surface area contributed by atoms with Crippen molar-refractivity contribution in [3.63, 3.8) is 0 Å². The van der Waals surface area contributed by atoms with Crippen molar-refractivity contribution in [2.24, 2.45) is 0 Å². The molecule has 3 aromatic carbocycles. The Morgan fingerprint density at radius 2 is 1.80 bits per heavy atom. The highest BCUT2D eigenvalue weighted by molar-refractivity contribution is 8.00. The van der Waals surface area contributed by atoms with Crippen LogP contribution in [-0.2, 0) is 16.1 Å². The van der Waals surface area contributed by atoms with E-state index < -0.39 is 5.97 Å². The molecule has 0 unspecified atom stereocenters. The van der Waals surface area contributed by atoms with E-state index >= 15 is 0 Å². The Hall–Kier alpha value is -2.83. The Morgan fingerprint density at radius 3 is 2.50 bits per heavy atom. The second-order valence-electron chi connectivity index (χ2n) is 6.49. The summed E-state index contributed by atoms with van der Waals surface area (Å²) in [6.45, 7) is 1.94. The molecule has 0 spiro atoms. The molecule has 0 atom stereocenters. The largest absolute Gasteiger partial charge is 0.460 e. The van der Waals surface area contributed by atoms with Crippen molar-refractivity contribution in [2.75, 3.05) is 11.1 Å². The SMILES string of the molecule is Cc1cc(NC(=O)c2ccc(COC(=O)CSc3ccccc3F)cc2)ccc1Cl. The van der Waals surface area contributed by atoms with E-state index in [1.807, 2.05) is 6.92 Å². The van der Waals surface area contributed by atoms with Gasteiger partial charge in [-0.15, -0.1) is 11.8 Å². The Bertz CT molecular complexity index is 1060. The first-order valence-electron chi connectivity index (χ1n) is 9.12. The third kappa shape index (κ3) is 6.08. The van der Waals surface area contributed by atoms with E-state index in [4.69, 9.17) is 16.3 Å². The van der Waals surface area contributed by atoms with Crippen molar-refractivity contribution in [3.05, 3.63) is 94.3 Å². The third-order valence-corrected chi connectivity index (χ3v) is 5.66. The maximum atomic E-state index is 13.6. The van der Waals surface area contributed by atoms with E-state index in [9.17, 15) is 14.0 Å². The molecule has 1 amide bonds. The van der Waals surface area contributed by atoms with E-state index in [0.29, 0.717) is 21.2 Å². The molecule has 7 heteroatoms. The van der Waals surface area contributed by atoms with Crippen LogP contribution in [0.3, 0.4) is 0 Å². The highest BCUT2D eigenvalue weighted by atomic mass is 35.5. The minimum Gasteiger partial charge on any atom is -0.460 e. The first-order chi connectivity index (χ1) is 14.4. The summed E-state index contributed by atoms with van der Waals surface area (Å²) in [6, 6.07) is 18.3. The lowest BCUT2D eigenvalue weighted by atomic mass is 10.1. The normalized spacial score (nSPS) is 10.5. The number of carbonyl (C=O) groups is 2. The van der Waals surface area contributed by atoms with E-state index in [1.165, 1.54) is 6.07 Å². The van der Waals surface area contributed by atoms with Gasteiger partial charge in [0.05, 0.1) is 5.75 Å². The first-order valence-corrected chi connectivity index (χ1v) is 10.5. The van der Waals surface area contributed by atoms with E-state index in [2.05, 4.69) is 5.32 Å². The number of thioether (sulfide) groups is 1. The summed E-state index contributed by atoms with van der Waals surface area (Å²) in [5.41, 5.74) is 2.76. The molecule has 30 heavy (non-hydrogen) atoms. The van der Waals surface area contributed by atoms with Gasteiger partial charge in [0.15, 0.2) is 0 Å². The predicted octanol–water partition coefficient (Wildman–Crippen LogP) is 5.88. The number of hydrogen-bond acceptors (Lipinski definition) is 4. The van der Waals surface area contributed by atoms with Gasteiger partial charge >= 0.3 is 5.97 Å². The van der Waals surface area contributed by atoms with Gasteiger partial charge in [-0.1, -0.05) is 35.9 Å². The minimum atomic E-state index is -0.441. The summed E-state index contributed by atoms with van der Waals surface area (Å²) in [4.78, 5) is 24.7. The fourth-order valence-electron chi connectivity index (χ4n) is 2.58. The fourth-order valence-corrected chi connectivity index (χ4v) is 3.44. The number of ether oxygens (including phenoxy) is 1. The molecule has 0 saturated heterocycles. The Labute approximate surface area is 183 Å². The monoisotopic (exact) mass is 443 g/mol. The van der Waals surface area contributed by atoms with Crippen molar-refractivity contribution in [1.29, 1.82) is 0 Å². The molecule has 0 radical (unpaired) electrons. The molecule has 0 saturated carbocycles. The maximum Gasteiger partial charge on any atom is 0.316 e. The van der Waals surface area contributed by atoms with Crippen LogP contribution < -0.4 is 5.32 Å². The molecule has 154 valence electrons. The van der Waals surface area contributed by atoms with Crippen molar-refractivity contribution in [3.8, 4) is 0 Å². The molecule has 0 aromatic heterocycles. The fraction of sp³-hybridized carbons (Fsp3) is 0.130. The number of amides is 1. The lowest BCUT2D eigenvalue weighted by Gasteiger charge is -2.08. The van der Waals surface area contributed by atoms with Crippen LogP contribution in [0.4, 0.5) is 10.1 Å². The highest BCUT2D eigenvalue weighted by Gasteiger charge is 2.10. The summed E-state index contributed by atoms with van der Waals surface area (Å²) in [7, 11) is 0. The lowest BCUT2D eigenvalue weighted by molar-refractivity contribution is -0.141. The molecule has 1 N–H and O–H groups in total.